The van der Waals surface area contributed by atoms with Crippen molar-refractivity contribution in [1.82, 2.24) is 24.9 Å². The summed E-state index contributed by atoms with van der Waals surface area (Å²) in [5.41, 5.74) is 1.06. The number of carbonyl (C=O) groups is 1. The first-order valence-corrected chi connectivity index (χ1v) is 8.86. The summed E-state index contributed by atoms with van der Waals surface area (Å²) in [6.45, 7) is 4.77. The number of hydrogen-bond donors (Lipinski definition) is 1. The van der Waals surface area contributed by atoms with Crippen molar-refractivity contribution in [2.75, 3.05) is 0 Å². The lowest BCUT2D eigenvalue weighted by Crippen LogP contribution is -2.35. The van der Waals surface area contributed by atoms with Crippen molar-refractivity contribution in [1.29, 1.82) is 0 Å². The highest BCUT2D eigenvalue weighted by Crippen LogP contribution is 2.29. The highest BCUT2D eigenvalue weighted by Gasteiger charge is 2.30. The van der Waals surface area contributed by atoms with E-state index in [1.54, 1.807) is 32.5 Å². The lowest BCUT2D eigenvalue weighted by molar-refractivity contribution is -0.137. The van der Waals surface area contributed by atoms with Gasteiger partial charge in [0, 0.05) is 7.05 Å². The van der Waals surface area contributed by atoms with Crippen molar-refractivity contribution in [3.63, 3.8) is 0 Å². The predicted octanol–water partition coefficient (Wildman–Crippen LogP) is 2.64. The Morgan fingerprint density at radius 3 is 2.34 bits per heavy atom. The molecule has 29 heavy (non-hydrogen) atoms. The predicted molar refractivity (Wildman–Crippen MR) is 100 cm³/mol. The second-order valence-corrected chi connectivity index (χ2v) is 6.89. The van der Waals surface area contributed by atoms with Crippen LogP contribution in [0.15, 0.2) is 29.1 Å². The van der Waals surface area contributed by atoms with Gasteiger partial charge >= 0.3 is 6.18 Å². The van der Waals surface area contributed by atoms with Crippen molar-refractivity contribution in [2.45, 2.75) is 39.5 Å². The Balaban J connectivity index is 1.78. The molecule has 0 spiro atoms. The molecule has 0 aliphatic heterocycles. The summed E-state index contributed by atoms with van der Waals surface area (Å²) >= 11 is 0. The summed E-state index contributed by atoms with van der Waals surface area (Å²) in [6.07, 6.45) is -4.42. The highest BCUT2D eigenvalue weighted by molar-refractivity contribution is 5.83. The quantitative estimate of drug-likeness (QED) is 0.721. The fourth-order valence-electron chi connectivity index (χ4n) is 3.31. The smallest absolute Gasteiger partial charge is 0.348 e. The Morgan fingerprint density at radius 2 is 1.76 bits per heavy atom. The van der Waals surface area contributed by atoms with Gasteiger partial charge in [0.05, 0.1) is 33.9 Å². The van der Waals surface area contributed by atoms with Crippen LogP contribution in [0.4, 0.5) is 13.2 Å². The SMILES string of the molecule is Cc1nn(C)c2c(C)nn(CC(=O)NC(C)c3ccc(C(F)(F)F)cc3)c(=O)c12. The number of hydrogen-bond acceptors (Lipinski definition) is 4. The molecular formula is C19H20F3N5O2. The summed E-state index contributed by atoms with van der Waals surface area (Å²) in [5, 5.41) is 11.5. The van der Waals surface area contributed by atoms with Crippen LogP contribution in [0.25, 0.3) is 10.9 Å². The number of fused-ring (bicyclic) bond motifs is 1. The van der Waals surface area contributed by atoms with E-state index in [1.807, 2.05) is 0 Å². The number of nitrogens with zero attached hydrogens (tertiary/aromatic N) is 4. The van der Waals surface area contributed by atoms with Crippen molar-refractivity contribution in [3.8, 4) is 0 Å². The van der Waals surface area contributed by atoms with E-state index >= 15 is 0 Å². The maximum Gasteiger partial charge on any atom is 0.416 e. The molecule has 0 saturated heterocycles. The third-order valence-corrected chi connectivity index (χ3v) is 4.69. The van der Waals surface area contributed by atoms with Crippen molar-refractivity contribution < 1.29 is 18.0 Å². The molecule has 7 nitrogen and oxygen atoms in total. The lowest BCUT2D eigenvalue weighted by Gasteiger charge is -2.16. The summed E-state index contributed by atoms with van der Waals surface area (Å²) < 4.78 is 40.7. The summed E-state index contributed by atoms with van der Waals surface area (Å²) in [6, 6.07) is 4.02. The largest absolute Gasteiger partial charge is 0.416 e. The zero-order valence-electron chi connectivity index (χ0n) is 16.3. The van der Waals surface area contributed by atoms with Gasteiger partial charge in [-0.15, -0.1) is 0 Å². The fraction of sp³-hybridized carbons (Fsp3) is 0.368. The molecule has 10 heteroatoms. The Morgan fingerprint density at radius 1 is 1.14 bits per heavy atom. The molecule has 0 saturated carbocycles. The third kappa shape index (κ3) is 4.01. The number of carbonyl (C=O) groups excluding carboxylic acids is 1. The van der Waals surface area contributed by atoms with Crippen LogP contribution >= 0.6 is 0 Å². The van der Waals surface area contributed by atoms with Gasteiger partial charge in [-0.1, -0.05) is 12.1 Å². The van der Waals surface area contributed by atoms with E-state index in [9.17, 15) is 22.8 Å². The number of amides is 1. The Labute approximate surface area is 164 Å². The van der Waals surface area contributed by atoms with Crippen LogP contribution < -0.4 is 10.9 Å². The average molecular weight is 407 g/mol. The Bertz CT molecular complexity index is 1130. The molecule has 0 aliphatic rings. The van der Waals surface area contributed by atoms with E-state index in [4.69, 9.17) is 0 Å². The molecule has 1 N–H and O–H groups in total. The zero-order valence-corrected chi connectivity index (χ0v) is 16.3. The minimum absolute atomic E-state index is 0.311. The zero-order chi connectivity index (χ0) is 21.5. The van der Waals surface area contributed by atoms with Crippen LogP contribution in [0.2, 0.25) is 0 Å². The summed E-state index contributed by atoms with van der Waals surface area (Å²) in [7, 11) is 1.71. The minimum Gasteiger partial charge on any atom is -0.348 e. The van der Waals surface area contributed by atoms with E-state index < -0.39 is 29.2 Å². The molecule has 1 unspecified atom stereocenters. The second kappa shape index (κ2) is 7.34. The first kappa shape index (κ1) is 20.6. The number of rotatable bonds is 4. The molecular weight excluding hydrogens is 387 g/mol. The average Bonchev–Trinajstić information content (AvgIpc) is 2.93. The molecule has 0 radical (unpaired) electrons. The van der Waals surface area contributed by atoms with Gasteiger partial charge < -0.3 is 5.32 Å². The first-order chi connectivity index (χ1) is 13.5. The number of halogens is 3. The van der Waals surface area contributed by atoms with Crippen LogP contribution in [0.1, 0.15) is 35.5 Å². The lowest BCUT2D eigenvalue weighted by atomic mass is 10.1. The van der Waals surface area contributed by atoms with Crippen LogP contribution in [-0.4, -0.2) is 25.5 Å². The second-order valence-electron chi connectivity index (χ2n) is 6.89. The fourth-order valence-corrected chi connectivity index (χ4v) is 3.31. The topological polar surface area (TPSA) is 81.8 Å². The van der Waals surface area contributed by atoms with Gasteiger partial charge in [0.1, 0.15) is 6.54 Å². The molecule has 0 aliphatic carbocycles. The molecule has 3 rings (SSSR count). The summed E-state index contributed by atoms with van der Waals surface area (Å²) in [5.74, 6) is -0.479. The third-order valence-electron chi connectivity index (χ3n) is 4.69. The van der Waals surface area contributed by atoms with Crippen LogP contribution in [0, 0.1) is 13.8 Å². The number of nitrogens with one attached hydrogen (secondary N) is 1. The number of aromatic nitrogens is 4. The molecule has 1 atom stereocenters. The van der Waals surface area contributed by atoms with E-state index in [-0.39, 0.29) is 6.54 Å². The van der Waals surface area contributed by atoms with Crippen molar-refractivity contribution in [2.24, 2.45) is 7.05 Å². The van der Waals surface area contributed by atoms with Crippen LogP contribution in [-0.2, 0) is 24.6 Å². The molecule has 2 aromatic heterocycles. The maximum atomic E-state index is 12.7. The van der Waals surface area contributed by atoms with E-state index in [0.717, 1.165) is 16.8 Å². The molecule has 154 valence electrons. The van der Waals surface area contributed by atoms with Gasteiger partial charge in [0.25, 0.3) is 5.56 Å². The standard InChI is InChI=1S/C19H20F3N5O2/c1-10(13-5-7-14(8-6-13)19(20,21)22)23-15(28)9-27-18(29)16-11(2)24-26(4)17(16)12(3)25-27/h5-8,10H,9H2,1-4H3,(H,23,28). The Kier molecular flexibility index (Phi) is 5.20. The van der Waals surface area contributed by atoms with Crippen molar-refractivity contribution >= 4 is 16.8 Å². The van der Waals surface area contributed by atoms with Crippen molar-refractivity contribution in [3.05, 3.63) is 57.1 Å². The van der Waals surface area contributed by atoms with E-state index in [1.165, 1.54) is 12.1 Å². The molecule has 0 fully saturated rings. The van der Waals surface area contributed by atoms with Gasteiger partial charge in [-0.25, -0.2) is 4.68 Å². The van der Waals surface area contributed by atoms with Gasteiger partial charge in [-0.05, 0) is 38.5 Å². The van der Waals surface area contributed by atoms with Gasteiger partial charge in [0.15, 0.2) is 0 Å². The van der Waals surface area contributed by atoms with Gasteiger partial charge in [-0.3, -0.25) is 14.3 Å². The first-order valence-electron chi connectivity index (χ1n) is 8.86. The van der Waals surface area contributed by atoms with Crippen LogP contribution in [0.3, 0.4) is 0 Å². The Hall–Kier alpha value is -3.17. The molecule has 3 aromatic rings. The van der Waals surface area contributed by atoms with E-state index in [2.05, 4.69) is 15.5 Å². The molecule has 0 bridgehead atoms. The van der Waals surface area contributed by atoms with Gasteiger partial charge in [0.2, 0.25) is 5.91 Å². The molecule has 1 aromatic carbocycles. The summed E-state index contributed by atoms with van der Waals surface area (Å²) in [4.78, 5) is 25.1. The maximum absolute atomic E-state index is 12.7. The normalized spacial score (nSPS) is 12.9. The monoisotopic (exact) mass is 407 g/mol. The number of benzene rings is 1. The number of aryl methyl sites for hydroxylation is 3. The van der Waals surface area contributed by atoms with Crippen LogP contribution in [0.5, 0.6) is 0 Å². The molecule has 2 heterocycles. The van der Waals surface area contributed by atoms with Gasteiger partial charge in [-0.2, -0.15) is 23.4 Å². The highest BCUT2D eigenvalue weighted by atomic mass is 19.4. The molecule has 1 amide bonds. The minimum atomic E-state index is -4.42. The number of alkyl halides is 3. The van der Waals surface area contributed by atoms with E-state index in [0.29, 0.717) is 27.9 Å².